The molecule has 1 heterocycles. The van der Waals surface area contributed by atoms with Crippen LogP contribution >= 0.6 is 11.3 Å². The van der Waals surface area contributed by atoms with Crippen LogP contribution in [0, 0.1) is 17.3 Å². The van der Waals surface area contributed by atoms with E-state index in [-0.39, 0.29) is 45.5 Å². The molecule has 276 valence electrons. The van der Waals surface area contributed by atoms with Gasteiger partial charge in [-0.1, -0.05) is 67.0 Å². The maximum Gasteiger partial charge on any atom is 0.348 e. The van der Waals surface area contributed by atoms with Crippen molar-refractivity contribution in [3.8, 4) is 0 Å². The van der Waals surface area contributed by atoms with E-state index >= 15 is 0 Å². The van der Waals surface area contributed by atoms with Crippen molar-refractivity contribution < 1.29 is 31.0 Å². The van der Waals surface area contributed by atoms with E-state index in [9.17, 15) is 13.2 Å². The van der Waals surface area contributed by atoms with Crippen molar-refractivity contribution in [3.63, 3.8) is 0 Å². The number of esters is 1. The van der Waals surface area contributed by atoms with Crippen LogP contribution in [0.2, 0.25) is 36.3 Å². The van der Waals surface area contributed by atoms with Crippen LogP contribution in [0.3, 0.4) is 0 Å². The summed E-state index contributed by atoms with van der Waals surface area (Å²) < 4.78 is 50.2. The van der Waals surface area contributed by atoms with E-state index in [0.29, 0.717) is 11.3 Å². The summed E-state index contributed by atoms with van der Waals surface area (Å²) in [6, 6.07) is 3.81. The Balaban J connectivity index is 1.94. The molecule has 11 heteroatoms. The first-order valence-corrected chi connectivity index (χ1v) is 26.5. The molecule has 0 bridgehead atoms. The van der Waals surface area contributed by atoms with Crippen molar-refractivity contribution in [2.24, 2.45) is 17.3 Å². The highest BCUT2D eigenvalue weighted by molar-refractivity contribution is 7.86. The summed E-state index contributed by atoms with van der Waals surface area (Å²) in [5.41, 5.74) is 0.220. The maximum absolute atomic E-state index is 12.6. The molecule has 2 aliphatic carbocycles. The monoisotopic (exact) mass is 742 g/mol. The predicted octanol–water partition coefficient (Wildman–Crippen LogP) is 10.1. The smallest absolute Gasteiger partial charge is 0.348 e. The van der Waals surface area contributed by atoms with Crippen molar-refractivity contribution in [1.82, 2.24) is 0 Å². The lowest BCUT2D eigenvalue weighted by Crippen LogP contribution is -2.51. The molecule has 48 heavy (non-hydrogen) atoms. The number of rotatable bonds is 16. The molecule has 0 aromatic carbocycles. The zero-order valence-corrected chi connectivity index (χ0v) is 35.9. The average molecular weight is 743 g/mol. The highest BCUT2D eigenvalue weighted by Crippen LogP contribution is 2.52. The summed E-state index contributed by atoms with van der Waals surface area (Å²) in [6.45, 7) is 25.2. The van der Waals surface area contributed by atoms with Crippen molar-refractivity contribution >= 4 is 44.1 Å². The molecule has 1 aromatic heterocycles. The summed E-state index contributed by atoms with van der Waals surface area (Å²) in [5.74, 6) is -0.316. The molecule has 2 aliphatic rings. The Bertz CT molecular complexity index is 1340. The summed E-state index contributed by atoms with van der Waals surface area (Å²) >= 11 is 1.46. The SMILES string of the molecule is CCC1(C(C/C=C/[C@@H]2[C@@H](CCCc3ccc(C(=O)OC)s3)[C@@H](OS(C)(=O)=O)C[C@@H]2O[Si](C)(C)C(C)(C)C)O[Si](C)(C)C(C)(C)C)CCC1. The fraction of sp³-hybridized carbons (Fsp3) is 0.811. The van der Waals surface area contributed by atoms with E-state index in [4.69, 9.17) is 17.8 Å². The van der Waals surface area contributed by atoms with Gasteiger partial charge in [0.1, 0.15) is 4.88 Å². The molecule has 2 saturated carbocycles. The lowest BCUT2D eigenvalue weighted by atomic mass is 9.63. The number of ether oxygens (including phenoxy) is 1. The van der Waals surface area contributed by atoms with Gasteiger partial charge in [-0.25, -0.2) is 4.79 Å². The van der Waals surface area contributed by atoms with Gasteiger partial charge in [0.15, 0.2) is 16.6 Å². The Morgan fingerprint density at radius 2 is 1.67 bits per heavy atom. The van der Waals surface area contributed by atoms with Gasteiger partial charge in [-0.05, 0) is 105 Å². The molecule has 0 aliphatic heterocycles. The van der Waals surface area contributed by atoms with E-state index in [1.54, 1.807) is 0 Å². The topological polar surface area (TPSA) is 88.1 Å². The summed E-state index contributed by atoms with van der Waals surface area (Å²) in [4.78, 5) is 13.7. The lowest BCUT2D eigenvalue weighted by Gasteiger charge is -2.51. The number of carbonyl (C=O) groups is 1. The van der Waals surface area contributed by atoms with Crippen LogP contribution in [-0.2, 0) is 34.3 Å². The lowest BCUT2D eigenvalue weighted by molar-refractivity contribution is -0.0273. The number of hydrogen-bond donors (Lipinski definition) is 0. The van der Waals surface area contributed by atoms with Crippen molar-refractivity contribution in [2.45, 2.75) is 161 Å². The van der Waals surface area contributed by atoms with Crippen LogP contribution in [0.1, 0.15) is 114 Å². The van der Waals surface area contributed by atoms with Gasteiger partial charge in [0, 0.05) is 17.2 Å². The summed E-state index contributed by atoms with van der Waals surface area (Å²) in [7, 11) is -6.44. The van der Waals surface area contributed by atoms with Crippen LogP contribution in [-0.4, -0.2) is 62.7 Å². The van der Waals surface area contributed by atoms with Gasteiger partial charge in [0.2, 0.25) is 0 Å². The molecule has 7 nitrogen and oxygen atoms in total. The molecule has 2 fully saturated rings. The molecular weight excluding hydrogens is 677 g/mol. The quantitative estimate of drug-likeness (QED) is 0.0721. The third kappa shape index (κ3) is 10.4. The van der Waals surface area contributed by atoms with Gasteiger partial charge in [-0.15, -0.1) is 11.3 Å². The standard InChI is InChI=1S/C37H66O7S2Si2/c1-14-37(24-17-25-37)33(44-48(12,13)36(5,6)7)21-16-20-29-28(19-15-18-27-22-23-32(45-27)34(38)41-8)30(42-46(9,39)40)26-31(29)43-47(10,11)35(2,3)4/h16,20,22-23,28-31,33H,14-15,17-19,21,24-26H2,1-13H3/b20-16+/t28-,29-,30+,31+,33?/m1/s1. The number of hydrogen-bond acceptors (Lipinski definition) is 8. The second kappa shape index (κ2) is 15.8. The van der Waals surface area contributed by atoms with Crippen LogP contribution in [0.25, 0.3) is 0 Å². The molecule has 0 radical (unpaired) electrons. The van der Waals surface area contributed by atoms with E-state index in [1.807, 2.05) is 12.1 Å². The minimum Gasteiger partial charge on any atom is -0.465 e. The average Bonchev–Trinajstić information content (AvgIpc) is 3.50. The molecule has 1 unspecified atom stereocenters. The Kier molecular flexibility index (Phi) is 13.7. The normalized spacial score (nSPS) is 24.5. The van der Waals surface area contributed by atoms with Gasteiger partial charge in [-0.2, -0.15) is 8.42 Å². The Labute approximate surface area is 299 Å². The van der Waals surface area contributed by atoms with Gasteiger partial charge in [-0.3, -0.25) is 4.18 Å². The highest BCUT2D eigenvalue weighted by atomic mass is 32.2. The van der Waals surface area contributed by atoms with Gasteiger partial charge >= 0.3 is 5.97 Å². The highest BCUT2D eigenvalue weighted by Gasteiger charge is 2.50. The predicted molar refractivity (Wildman–Crippen MR) is 204 cm³/mol. The molecule has 0 amide bonds. The minimum absolute atomic E-state index is 0.0168. The summed E-state index contributed by atoms with van der Waals surface area (Å²) in [6.07, 6.45) is 14.0. The third-order valence-corrected chi connectivity index (χ3v) is 22.8. The van der Waals surface area contributed by atoms with Crippen molar-refractivity contribution in [2.75, 3.05) is 13.4 Å². The van der Waals surface area contributed by atoms with Gasteiger partial charge in [0.25, 0.3) is 10.1 Å². The second-order valence-corrected chi connectivity index (χ2v) is 29.8. The van der Waals surface area contributed by atoms with Gasteiger partial charge in [0.05, 0.1) is 31.7 Å². The number of aryl methyl sites for hydroxylation is 1. The Hall–Kier alpha value is -0.826. The van der Waals surface area contributed by atoms with Crippen LogP contribution in [0.4, 0.5) is 0 Å². The summed E-state index contributed by atoms with van der Waals surface area (Å²) in [5, 5.41) is 0.144. The van der Waals surface area contributed by atoms with E-state index in [0.717, 1.165) is 43.2 Å². The van der Waals surface area contributed by atoms with E-state index in [2.05, 4.69) is 86.8 Å². The molecule has 1 aromatic rings. The fourth-order valence-corrected chi connectivity index (χ4v) is 11.2. The zero-order chi connectivity index (χ0) is 36.3. The number of methoxy groups -OCH3 is 1. The maximum atomic E-state index is 12.6. The fourth-order valence-electron chi connectivity index (χ4n) is 6.83. The molecule has 0 saturated heterocycles. The van der Waals surface area contributed by atoms with Gasteiger partial charge < -0.3 is 13.6 Å². The Morgan fingerprint density at radius 1 is 1.04 bits per heavy atom. The van der Waals surface area contributed by atoms with Crippen LogP contribution < -0.4 is 0 Å². The number of carbonyl (C=O) groups excluding carboxylic acids is 1. The molecule has 3 rings (SSSR count). The largest absolute Gasteiger partial charge is 0.465 e. The first-order chi connectivity index (χ1) is 22.0. The minimum atomic E-state index is -3.67. The van der Waals surface area contributed by atoms with E-state index < -0.39 is 32.9 Å². The molecular formula is C37H66O7S2Si2. The molecule has 0 spiro atoms. The van der Waals surface area contributed by atoms with Crippen LogP contribution in [0.15, 0.2) is 24.3 Å². The molecule has 0 N–H and O–H groups in total. The second-order valence-electron chi connectivity index (χ2n) is 17.5. The Morgan fingerprint density at radius 3 is 2.17 bits per heavy atom. The third-order valence-electron chi connectivity index (χ3n) is 12.1. The van der Waals surface area contributed by atoms with Crippen molar-refractivity contribution in [3.05, 3.63) is 34.0 Å². The van der Waals surface area contributed by atoms with Crippen LogP contribution in [0.5, 0.6) is 0 Å². The van der Waals surface area contributed by atoms with Crippen molar-refractivity contribution in [1.29, 1.82) is 0 Å². The first kappa shape index (κ1) is 41.6. The molecule has 5 atom stereocenters. The van der Waals surface area contributed by atoms with E-state index in [1.165, 1.54) is 37.7 Å². The number of thiophene rings is 1. The first-order valence-electron chi connectivity index (χ1n) is 18.0. The zero-order valence-electron chi connectivity index (χ0n) is 32.2.